The zero-order valence-electron chi connectivity index (χ0n) is 14.2. The SMILES string of the molecule is Br.CN=c1scc(-c2ccc(Br)cc2)n1/N=C/c1cc(C)ccc1C. The number of thiazole rings is 1. The van der Waals surface area contributed by atoms with E-state index < -0.39 is 0 Å². The third-order valence-electron chi connectivity index (χ3n) is 3.76. The predicted octanol–water partition coefficient (Wildman–Crippen LogP) is 5.59. The van der Waals surface area contributed by atoms with E-state index in [-0.39, 0.29) is 17.0 Å². The Balaban J connectivity index is 0.00000225. The third kappa shape index (κ3) is 4.57. The van der Waals surface area contributed by atoms with Crippen LogP contribution in [-0.2, 0) is 0 Å². The van der Waals surface area contributed by atoms with Crippen molar-refractivity contribution in [1.82, 2.24) is 4.68 Å². The summed E-state index contributed by atoms with van der Waals surface area (Å²) in [5.74, 6) is 0. The molecule has 0 fully saturated rings. The predicted molar refractivity (Wildman–Crippen MR) is 116 cm³/mol. The van der Waals surface area contributed by atoms with E-state index in [2.05, 4.69) is 70.5 Å². The van der Waals surface area contributed by atoms with Gasteiger partial charge in [-0.2, -0.15) is 5.10 Å². The maximum Gasteiger partial charge on any atom is 0.205 e. The van der Waals surface area contributed by atoms with Crippen LogP contribution in [0.3, 0.4) is 0 Å². The van der Waals surface area contributed by atoms with Crippen molar-refractivity contribution in [3.8, 4) is 11.3 Å². The molecule has 0 N–H and O–H groups in total. The molecule has 2 aromatic carbocycles. The van der Waals surface area contributed by atoms with E-state index in [1.165, 1.54) is 11.1 Å². The van der Waals surface area contributed by atoms with Gasteiger partial charge in [-0.25, -0.2) is 4.68 Å². The van der Waals surface area contributed by atoms with Gasteiger partial charge in [0.2, 0.25) is 4.80 Å². The minimum Gasteiger partial charge on any atom is -0.261 e. The second-order valence-electron chi connectivity index (χ2n) is 5.55. The number of hydrogen-bond acceptors (Lipinski definition) is 3. The summed E-state index contributed by atoms with van der Waals surface area (Å²) in [7, 11) is 1.79. The van der Waals surface area contributed by atoms with Crippen molar-refractivity contribution >= 4 is 50.5 Å². The van der Waals surface area contributed by atoms with Crippen molar-refractivity contribution in [3.63, 3.8) is 0 Å². The van der Waals surface area contributed by atoms with Crippen LogP contribution in [0.15, 0.2) is 62.4 Å². The lowest BCUT2D eigenvalue weighted by molar-refractivity contribution is 0.848. The Hall–Kier alpha value is -1.50. The molecule has 0 bridgehead atoms. The van der Waals surface area contributed by atoms with Crippen LogP contribution < -0.4 is 4.80 Å². The largest absolute Gasteiger partial charge is 0.261 e. The highest BCUT2D eigenvalue weighted by Gasteiger charge is 2.07. The van der Waals surface area contributed by atoms with E-state index in [1.807, 2.05) is 23.0 Å². The molecule has 0 aliphatic rings. The smallest absolute Gasteiger partial charge is 0.205 e. The number of halogens is 2. The fourth-order valence-corrected chi connectivity index (χ4v) is 3.47. The van der Waals surface area contributed by atoms with Crippen molar-refractivity contribution in [3.05, 3.63) is 73.8 Å². The molecular weight excluding hydrogens is 462 g/mol. The van der Waals surface area contributed by atoms with Crippen molar-refractivity contribution < 1.29 is 0 Å². The summed E-state index contributed by atoms with van der Waals surface area (Å²) in [6.07, 6.45) is 1.91. The van der Waals surface area contributed by atoms with Gasteiger partial charge in [-0.1, -0.05) is 51.8 Å². The van der Waals surface area contributed by atoms with Crippen LogP contribution in [0.2, 0.25) is 0 Å². The first-order valence-electron chi connectivity index (χ1n) is 7.59. The van der Waals surface area contributed by atoms with Crippen LogP contribution >= 0.6 is 44.2 Å². The monoisotopic (exact) mass is 479 g/mol. The molecule has 6 heteroatoms. The van der Waals surface area contributed by atoms with Gasteiger partial charge in [0, 0.05) is 22.5 Å². The minimum atomic E-state index is 0. The van der Waals surface area contributed by atoms with Gasteiger partial charge < -0.3 is 0 Å². The third-order valence-corrected chi connectivity index (χ3v) is 5.20. The van der Waals surface area contributed by atoms with Gasteiger partial charge in [0.1, 0.15) is 0 Å². The summed E-state index contributed by atoms with van der Waals surface area (Å²) in [6, 6.07) is 14.6. The molecule has 1 aromatic heterocycles. The number of nitrogens with zero attached hydrogens (tertiary/aromatic N) is 3. The number of rotatable bonds is 3. The molecule has 3 aromatic rings. The van der Waals surface area contributed by atoms with E-state index in [4.69, 9.17) is 5.10 Å². The molecule has 130 valence electrons. The lowest BCUT2D eigenvalue weighted by Crippen LogP contribution is -2.11. The standard InChI is InChI=1S/C19H18BrN3S.BrH/c1-13-4-5-14(2)16(10-13)11-22-23-18(12-24-19(23)21-3)15-6-8-17(20)9-7-15;/h4-12H,1-3H3;1H/b21-19?,22-11+;. The lowest BCUT2D eigenvalue weighted by atomic mass is 10.1. The van der Waals surface area contributed by atoms with E-state index in [9.17, 15) is 0 Å². The van der Waals surface area contributed by atoms with Gasteiger partial charge in [0.25, 0.3) is 0 Å². The van der Waals surface area contributed by atoms with E-state index in [1.54, 1.807) is 18.4 Å². The first-order valence-corrected chi connectivity index (χ1v) is 9.26. The first-order chi connectivity index (χ1) is 11.6. The molecular formula is C19H19Br2N3S. The molecule has 0 atom stereocenters. The first kappa shape index (κ1) is 19.8. The second-order valence-corrected chi connectivity index (χ2v) is 7.30. The Kier molecular flexibility index (Phi) is 6.93. The Bertz CT molecular complexity index is 954. The van der Waals surface area contributed by atoms with Crippen LogP contribution in [0.4, 0.5) is 0 Å². The van der Waals surface area contributed by atoms with Crippen molar-refractivity contribution in [1.29, 1.82) is 0 Å². The average molecular weight is 481 g/mol. The average Bonchev–Trinajstić information content (AvgIpc) is 2.99. The highest BCUT2D eigenvalue weighted by Crippen LogP contribution is 2.22. The summed E-state index contributed by atoms with van der Waals surface area (Å²) in [4.78, 5) is 5.21. The Morgan fingerprint density at radius 2 is 1.80 bits per heavy atom. The van der Waals surface area contributed by atoms with Gasteiger partial charge in [0.15, 0.2) is 0 Å². The van der Waals surface area contributed by atoms with Crippen LogP contribution in [-0.4, -0.2) is 17.9 Å². The van der Waals surface area contributed by atoms with Crippen LogP contribution in [0.5, 0.6) is 0 Å². The topological polar surface area (TPSA) is 29.6 Å². The summed E-state index contributed by atoms with van der Waals surface area (Å²) < 4.78 is 2.96. The normalized spacial score (nSPS) is 11.8. The maximum absolute atomic E-state index is 4.70. The molecule has 0 saturated carbocycles. The molecule has 0 spiro atoms. The molecule has 0 aliphatic heterocycles. The molecule has 3 rings (SSSR count). The summed E-state index contributed by atoms with van der Waals surface area (Å²) in [5.41, 5.74) is 5.71. The van der Waals surface area contributed by atoms with E-state index in [0.29, 0.717) is 0 Å². The Morgan fingerprint density at radius 1 is 1.08 bits per heavy atom. The van der Waals surface area contributed by atoms with Gasteiger partial charge in [0.05, 0.1) is 11.9 Å². The number of benzene rings is 2. The zero-order valence-corrected chi connectivity index (χ0v) is 18.3. The lowest BCUT2D eigenvalue weighted by Gasteiger charge is -2.05. The van der Waals surface area contributed by atoms with Crippen LogP contribution in [0.1, 0.15) is 16.7 Å². The van der Waals surface area contributed by atoms with Gasteiger partial charge in [-0.3, -0.25) is 4.99 Å². The number of aromatic nitrogens is 1. The van der Waals surface area contributed by atoms with E-state index >= 15 is 0 Å². The number of aryl methyl sites for hydroxylation is 2. The fourth-order valence-electron chi connectivity index (χ4n) is 2.40. The van der Waals surface area contributed by atoms with Crippen molar-refractivity contribution in [2.75, 3.05) is 7.05 Å². The van der Waals surface area contributed by atoms with Crippen molar-refractivity contribution in [2.24, 2.45) is 10.1 Å². The van der Waals surface area contributed by atoms with Crippen molar-refractivity contribution in [2.45, 2.75) is 13.8 Å². The van der Waals surface area contributed by atoms with E-state index in [0.717, 1.165) is 26.1 Å². The highest BCUT2D eigenvalue weighted by atomic mass is 79.9. The molecule has 1 heterocycles. The molecule has 0 aliphatic carbocycles. The molecule has 0 radical (unpaired) electrons. The Labute approximate surface area is 170 Å². The van der Waals surface area contributed by atoms with Crippen LogP contribution in [0, 0.1) is 13.8 Å². The van der Waals surface area contributed by atoms with Gasteiger partial charge >= 0.3 is 0 Å². The zero-order chi connectivity index (χ0) is 17.1. The quantitative estimate of drug-likeness (QED) is 0.437. The number of hydrogen-bond donors (Lipinski definition) is 0. The Morgan fingerprint density at radius 3 is 2.48 bits per heavy atom. The molecule has 0 amide bonds. The molecule has 3 nitrogen and oxygen atoms in total. The van der Waals surface area contributed by atoms with Crippen LogP contribution in [0.25, 0.3) is 11.3 Å². The molecule has 0 unspecified atom stereocenters. The molecule has 0 saturated heterocycles. The minimum absolute atomic E-state index is 0. The summed E-state index contributed by atoms with van der Waals surface area (Å²) in [6.45, 7) is 4.19. The fraction of sp³-hybridized carbons (Fsp3) is 0.158. The van der Waals surface area contributed by atoms with Gasteiger partial charge in [-0.15, -0.1) is 28.3 Å². The summed E-state index contributed by atoms with van der Waals surface area (Å²) >= 11 is 5.07. The maximum atomic E-state index is 4.70. The molecule has 25 heavy (non-hydrogen) atoms. The van der Waals surface area contributed by atoms with Gasteiger partial charge in [-0.05, 0) is 37.1 Å². The second kappa shape index (κ2) is 8.74. The summed E-state index contributed by atoms with van der Waals surface area (Å²) in [5, 5.41) is 6.79. The highest BCUT2D eigenvalue weighted by molar-refractivity contribution is 9.10.